The van der Waals surface area contributed by atoms with Crippen molar-refractivity contribution in [1.29, 1.82) is 0 Å². The maximum atomic E-state index is 12.6. The number of carbonyl (C=O) groups excluding carboxylic acids is 1. The third kappa shape index (κ3) is 4.16. The smallest absolute Gasteiger partial charge is 0.267 e. The highest BCUT2D eigenvalue weighted by Crippen LogP contribution is 2.25. The van der Waals surface area contributed by atoms with Gasteiger partial charge in [0.2, 0.25) is 10.0 Å². The summed E-state index contributed by atoms with van der Waals surface area (Å²) in [6, 6.07) is 6.64. The summed E-state index contributed by atoms with van der Waals surface area (Å²) in [4.78, 5) is 12.8. The van der Waals surface area contributed by atoms with Crippen LogP contribution in [0.5, 0.6) is 0 Å². The average molecular weight is 378 g/mol. The van der Waals surface area contributed by atoms with Gasteiger partial charge in [-0.2, -0.15) is 0 Å². The second kappa shape index (κ2) is 8.05. The molecule has 142 valence electrons. The van der Waals surface area contributed by atoms with Crippen LogP contribution >= 0.6 is 0 Å². The van der Waals surface area contributed by atoms with E-state index in [1.54, 1.807) is 30.3 Å². The number of benzene rings is 1. The summed E-state index contributed by atoms with van der Waals surface area (Å²) < 4.78 is 27.7. The largest absolute Gasteiger partial charge is 0.351 e. The number of aromatic nitrogens is 1. The van der Waals surface area contributed by atoms with Gasteiger partial charge in [0.05, 0.1) is 4.90 Å². The highest BCUT2D eigenvalue weighted by Gasteiger charge is 2.20. The number of hydrogen-bond donors (Lipinski definition) is 1. The summed E-state index contributed by atoms with van der Waals surface area (Å²) in [7, 11) is -0.533. The molecule has 1 N–H and O–H groups in total. The molecule has 1 aromatic heterocycles. The molecule has 1 aromatic carbocycles. The van der Waals surface area contributed by atoms with Crippen molar-refractivity contribution in [2.75, 3.05) is 20.6 Å². The summed E-state index contributed by atoms with van der Waals surface area (Å²) in [6.45, 7) is 9.03. The number of nitrogens with zero attached hydrogens (tertiary/aromatic N) is 2. The van der Waals surface area contributed by atoms with E-state index in [1.165, 1.54) is 18.4 Å². The van der Waals surface area contributed by atoms with Gasteiger partial charge >= 0.3 is 0 Å². The minimum absolute atomic E-state index is 0.166. The zero-order chi connectivity index (χ0) is 19.5. The second-order valence-corrected chi connectivity index (χ2v) is 9.03. The number of nitrogens with one attached hydrogen (secondary N) is 1. The fraction of sp³-hybridized carbons (Fsp3) is 0.421. The Morgan fingerprint density at radius 1 is 1.31 bits per heavy atom. The Bertz CT molecular complexity index is 911. The molecule has 26 heavy (non-hydrogen) atoms. The van der Waals surface area contributed by atoms with Crippen LogP contribution in [0, 0.1) is 5.92 Å². The van der Waals surface area contributed by atoms with Crippen LogP contribution in [-0.2, 0) is 16.6 Å². The number of carbonyl (C=O) groups is 1. The molecule has 0 aliphatic carbocycles. The van der Waals surface area contributed by atoms with Crippen LogP contribution in [0.2, 0.25) is 0 Å². The zero-order valence-corrected chi connectivity index (χ0v) is 16.6. The Labute approximate surface area is 155 Å². The first-order valence-electron chi connectivity index (χ1n) is 8.63. The van der Waals surface area contributed by atoms with E-state index in [-0.39, 0.29) is 10.8 Å². The van der Waals surface area contributed by atoms with Crippen LogP contribution in [0.3, 0.4) is 0 Å². The average Bonchev–Trinajstić information content (AvgIpc) is 2.92. The van der Waals surface area contributed by atoms with Crippen molar-refractivity contribution in [3.63, 3.8) is 0 Å². The summed E-state index contributed by atoms with van der Waals surface area (Å²) in [5, 5.41) is 3.64. The predicted molar refractivity (Wildman–Crippen MR) is 105 cm³/mol. The van der Waals surface area contributed by atoms with Gasteiger partial charge in [-0.1, -0.05) is 19.9 Å². The van der Waals surface area contributed by atoms with Crippen LogP contribution in [0.15, 0.2) is 41.8 Å². The van der Waals surface area contributed by atoms with Crippen LogP contribution in [-0.4, -0.2) is 43.8 Å². The zero-order valence-electron chi connectivity index (χ0n) is 15.8. The third-order valence-corrected chi connectivity index (χ3v) is 6.01. The van der Waals surface area contributed by atoms with Crippen molar-refractivity contribution in [1.82, 2.24) is 14.2 Å². The molecule has 2 aromatic rings. The highest BCUT2D eigenvalue weighted by molar-refractivity contribution is 7.89. The molecule has 0 saturated carbocycles. The van der Waals surface area contributed by atoms with Crippen LogP contribution in [0.25, 0.3) is 10.9 Å². The van der Waals surface area contributed by atoms with Crippen LogP contribution in [0.1, 0.15) is 30.8 Å². The van der Waals surface area contributed by atoms with E-state index in [9.17, 15) is 13.2 Å². The minimum atomic E-state index is -3.52. The topological polar surface area (TPSA) is 71.4 Å². The second-order valence-electron chi connectivity index (χ2n) is 6.88. The molecular formula is C19H27N3O3S. The molecule has 0 spiro atoms. The molecule has 0 fully saturated rings. The molecule has 0 aliphatic rings. The van der Waals surface area contributed by atoms with Gasteiger partial charge in [0.15, 0.2) is 0 Å². The van der Waals surface area contributed by atoms with E-state index >= 15 is 0 Å². The van der Waals surface area contributed by atoms with Gasteiger partial charge in [-0.3, -0.25) is 4.79 Å². The molecule has 1 amide bonds. The van der Waals surface area contributed by atoms with Crippen molar-refractivity contribution in [3.05, 3.63) is 42.6 Å². The van der Waals surface area contributed by atoms with Gasteiger partial charge in [0.1, 0.15) is 5.69 Å². The maximum absolute atomic E-state index is 12.6. The molecule has 0 unspecified atom stereocenters. The lowest BCUT2D eigenvalue weighted by molar-refractivity contribution is 0.0943. The van der Waals surface area contributed by atoms with Gasteiger partial charge in [-0.05, 0) is 36.6 Å². The molecule has 0 saturated heterocycles. The highest BCUT2D eigenvalue weighted by atomic mass is 32.2. The summed E-state index contributed by atoms with van der Waals surface area (Å²) >= 11 is 0. The summed E-state index contributed by atoms with van der Waals surface area (Å²) in [5.41, 5.74) is 1.31. The van der Waals surface area contributed by atoms with E-state index in [0.717, 1.165) is 11.9 Å². The molecular weight excluding hydrogens is 350 g/mol. The Balaban J connectivity index is 2.45. The standard InChI is InChI=1S/C19H27N3O3S/c1-6-11-22-17-8-7-16(26(24,25)21(4)5)12-15(17)13-18(22)19(23)20-10-9-14(2)3/h6-8,12-14H,1,9-11H2,2-5H3,(H,20,23). The Morgan fingerprint density at radius 3 is 2.58 bits per heavy atom. The molecule has 0 atom stereocenters. The summed E-state index contributed by atoms with van der Waals surface area (Å²) in [6.07, 6.45) is 2.62. The molecule has 0 radical (unpaired) electrons. The lowest BCUT2D eigenvalue weighted by Gasteiger charge is -2.12. The SMILES string of the molecule is C=CCn1c(C(=O)NCCC(C)C)cc2cc(S(=O)(=O)N(C)C)ccc21. The summed E-state index contributed by atoms with van der Waals surface area (Å²) in [5.74, 6) is 0.342. The first kappa shape index (κ1) is 20.2. The predicted octanol–water partition coefficient (Wildman–Crippen LogP) is 2.85. The van der Waals surface area contributed by atoms with Crippen molar-refractivity contribution in [2.45, 2.75) is 31.7 Å². The number of rotatable bonds is 8. The lowest BCUT2D eigenvalue weighted by Crippen LogP contribution is -2.27. The number of sulfonamides is 1. The first-order chi connectivity index (χ1) is 12.2. The van der Waals surface area contributed by atoms with E-state index in [0.29, 0.717) is 30.1 Å². The number of fused-ring (bicyclic) bond motifs is 1. The molecule has 0 bridgehead atoms. The number of amides is 1. The fourth-order valence-electron chi connectivity index (χ4n) is 2.70. The van der Waals surface area contributed by atoms with Crippen molar-refractivity contribution >= 4 is 26.8 Å². The van der Waals surface area contributed by atoms with Crippen LogP contribution in [0.4, 0.5) is 0 Å². The Morgan fingerprint density at radius 2 is 2.00 bits per heavy atom. The Kier molecular flexibility index (Phi) is 6.26. The molecule has 7 heteroatoms. The third-order valence-electron chi connectivity index (χ3n) is 4.20. The van der Waals surface area contributed by atoms with E-state index in [1.807, 2.05) is 4.57 Å². The van der Waals surface area contributed by atoms with Crippen molar-refractivity contribution in [2.24, 2.45) is 5.92 Å². The minimum Gasteiger partial charge on any atom is -0.351 e. The first-order valence-corrected chi connectivity index (χ1v) is 10.1. The molecule has 6 nitrogen and oxygen atoms in total. The van der Waals surface area contributed by atoms with E-state index in [4.69, 9.17) is 0 Å². The number of allylic oxidation sites excluding steroid dienone is 1. The maximum Gasteiger partial charge on any atom is 0.267 e. The van der Waals surface area contributed by atoms with Gasteiger partial charge < -0.3 is 9.88 Å². The fourth-order valence-corrected chi connectivity index (χ4v) is 3.64. The van der Waals surface area contributed by atoms with Crippen LogP contribution < -0.4 is 5.32 Å². The van der Waals surface area contributed by atoms with Crippen molar-refractivity contribution < 1.29 is 13.2 Å². The van der Waals surface area contributed by atoms with Crippen molar-refractivity contribution in [3.8, 4) is 0 Å². The normalized spacial score (nSPS) is 12.1. The van der Waals surface area contributed by atoms with Gasteiger partial charge in [-0.15, -0.1) is 6.58 Å². The number of hydrogen-bond acceptors (Lipinski definition) is 3. The van der Waals surface area contributed by atoms with Gasteiger partial charge in [-0.25, -0.2) is 12.7 Å². The van der Waals surface area contributed by atoms with Gasteiger partial charge in [0.25, 0.3) is 5.91 Å². The molecule has 2 rings (SSSR count). The van der Waals surface area contributed by atoms with E-state index in [2.05, 4.69) is 25.7 Å². The molecule has 1 heterocycles. The molecule has 0 aliphatic heterocycles. The van der Waals surface area contributed by atoms with Gasteiger partial charge in [0, 0.05) is 38.1 Å². The monoisotopic (exact) mass is 377 g/mol. The Hall–Kier alpha value is -2.12. The van der Waals surface area contributed by atoms with E-state index < -0.39 is 10.0 Å². The lowest BCUT2D eigenvalue weighted by atomic mass is 10.1. The quantitative estimate of drug-likeness (QED) is 0.719.